The molecule has 1 amide bonds. The molecule has 30 heavy (non-hydrogen) atoms. The number of hydrogen-bond acceptors (Lipinski definition) is 5. The molecule has 0 bridgehead atoms. The fourth-order valence-corrected chi connectivity index (χ4v) is 4.13. The topological polar surface area (TPSA) is 60.0 Å². The molecule has 2 aliphatic heterocycles. The van der Waals surface area contributed by atoms with Crippen LogP contribution >= 0.6 is 0 Å². The molecule has 0 saturated carbocycles. The zero-order chi connectivity index (χ0) is 21.2. The molecule has 0 aliphatic carbocycles. The number of carbonyl (C=O) groups is 1. The summed E-state index contributed by atoms with van der Waals surface area (Å²) >= 11 is 0. The van der Waals surface area contributed by atoms with Gasteiger partial charge in [-0.3, -0.25) is 9.69 Å². The van der Waals surface area contributed by atoms with Gasteiger partial charge in [-0.2, -0.15) is 0 Å². The fraction of sp³-hybridized carbons (Fsp3) is 0.708. The minimum Gasteiger partial charge on any atom is -0.486 e. The normalized spacial score (nSPS) is 18.6. The number of nitrogens with one attached hydrogen (secondary N) is 1. The van der Waals surface area contributed by atoms with Gasteiger partial charge in [0.25, 0.3) is 0 Å². The second-order valence-electron chi connectivity index (χ2n) is 8.44. The van der Waals surface area contributed by atoms with Crippen molar-refractivity contribution < 1.29 is 19.0 Å². The number of morpholine rings is 1. The third kappa shape index (κ3) is 6.88. The van der Waals surface area contributed by atoms with Crippen LogP contribution in [0.1, 0.15) is 63.9 Å². The van der Waals surface area contributed by atoms with E-state index in [-0.39, 0.29) is 17.9 Å². The zero-order valence-electron chi connectivity index (χ0n) is 18.7. The van der Waals surface area contributed by atoms with E-state index in [4.69, 9.17) is 14.2 Å². The maximum Gasteiger partial charge on any atom is 0.220 e. The lowest BCUT2D eigenvalue weighted by atomic mass is 9.92. The van der Waals surface area contributed by atoms with Crippen molar-refractivity contribution in [2.24, 2.45) is 0 Å². The first kappa shape index (κ1) is 22.9. The summed E-state index contributed by atoms with van der Waals surface area (Å²) in [5.41, 5.74) is 1.17. The van der Waals surface area contributed by atoms with Gasteiger partial charge in [0.1, 0.15) is 13.2 Å². The number of carbonyl (C=O) groups excluding carboxylic acids is 1. The van der Waals surface area contributed by atoms with Crippen molar-refractivity contribution in [3.63, 3.8) is 0 Å². The third-order valence-electron chi connectivity index (χ3n) is 6.11. The van der Waals surface area contributed by atoms with Crippen molar-refractivity contribution >= 4 is 5.91 Å². The van der Waals surface area contributed by atoms with E-state index in [0.717, 1.165) is 57.2 Å². The first-order valence-corrected chi connectivity index (χ1v) is 11.7. The van der Waals surface area contributed by atoms with Gasteiger partial charge in [0.2, 0.25) is 5.91 Å². The number of nitrogens with zero attached hydrogens (tertiary/aromatic N) is 1. The number of amides is 1. The van der Waals surface area contributed by atoms with Gasteiger partial charge in [-0.25, -0.2) is 0 Å². The summed E-state index contributed by atoms with van der Waals surface area (Å²) in [5.74, 6) is 1.94. The lowest BCUT2D eigenvalue weighted by Crippen LogP contribution is -2.49. The molecule has 1 aromatic rings. The summed E-state index contributed by atoms with van der Waals surface area (Å²) in [7, 11) is 0. The van der Waals surface area contributed by atoms with E-state index in [1.807, 2.05) is 6.07 Å². The van der Waals surface area contributed by atoms with Gasteiger partial charge < -0.3 is 19.5 Å². The van der Waals surface area contributed by atoms with Crippen molar-refractivity contribution in [1.82, 2.24) is 10.2 Å². The third-order valence-corrected chi connectivity index (χ3v) is 6.11. The molecule has 6 nitrogen and oxygen atoms in total. The van der Waals surface area contributed by atoms with Crippen LogP contribution in [0.25, 0.3) is 0 Å². The molecular weight excluding hydrogens is 380 g/mol. The Kier molecular flexibility index (Phi) is 9.27. The van der Waals surface area contributed by atoms with Crippen LogP contribution < -0.4 is 14.8 Å². The largest absolute Gasteiger partial charge is 0.486 e. The average molecular weight is 419 g/mol. The van der Waals surface area contributed by atoms with Crippen LogP contribution in [0.15, 0.2) is 18.2 Å². The Morgan fingerprint density at radius 2 is 1.77 bits per heavy atom. The standard InChI is InChI=1S/C24H38N2O4/c1-3-4-5-6-7-8-24(27)25-21(18-26-11-13-28-14-12-26)19(2)20-9-10-22-23(17-20)30-16-15-29-22/h9-10,17,19,21H,3-8,11-16,18H2,1-2H3,(H,25,27). The summed E-state index contributed by atoms with van der Waals surface area (Å²) in [5, 5.41) is 3.34. The van der Waals surface area contributed by atoms with Crippen LogP contribution in [-0.4, -0.2) is 62.9 Å². The van der Waals surface area contributed by atoms with E-state index in [0.29, 0.717) is 19.6 Å². The summed E-state index contributed by atoms with van der Waals surface area (Å²) in [4.78, 5) is 15.1. The van der Waals surface area contributed by atoms with Gasteiger partial charge in [-0.1, -0.05) is 45.6 Å². The molecule has 3 rings (SSSR count). The molecular formula is C24H38N2O4. The van der Waals surface area contributed by atoms with Crippen molar-refractivity contribution in [1.29, 1.82) is 0 Å². The van der Waals surface area contributed by atoms with E-state index in [1.165, 1.54) is 24.8 Å². The van der Waals surface area contributed by atoms with Crippen molar-refractivity contribution in [3.8, 4) is 11.5 Å². The Morgan fingerprint density at radius 1 is 1.03 bits per heavy atom. The summed E-state index contributed by atoms with van der Waals surface area (Å²) in [6.45, 7) is 9.76. The van der Waals surface area contributed by atoms with Crippen molar-refractivity contribution in [2.45, 2.75) is 64.3 Å². The second-order valence-corrected chi connectivity index (χ2v) is 8.44. The molecule has 2 atom stereocenters. The van der Waals surface area contributed by atoms with Crippen molar-refractivity contribution in [3.05, 3.63) is 23.8 Å². The summed E-state index contributed by atoms with van der Waals surface area (Å²) < 4.78 is 16.9. The number of ether oxygens (including phenoxy) is 3. The van der Waals surface area contributed by atoms with Gasteiger partial charge >= 0.3 is 0 Å². The van der Waals surface area contributed by atoms with Crippen LogP contribution in [0.3, 0.4) is 0 Å². The van der Waals surface area contributed by atoms with E-state index >= 15 is 0 Å². The minimum atomic E-state index is 0.0498. The van der Waals surface area contributed by atoms with E-state index in [2.05, 4.69) is 36.2 Å². The Bertz CT molecular complexity index is 661. The summed E-state index contributed by atoms with van der Waals surface area (Å²) in [6, 6.07) is 6.21. The predicted molar refractivity (Wildman–Crippen MR) is 118 cm³/mol. The van der Waals surface area contributed by atoms with E-state index in [9.17, 15) is 4.79 Å². The lowest BCUT2D eigenvalue weighted by Gasteiger charge is -2.34. The van der Waals surface area contributed by atoms with Crippen LogP contribution in [-0.2, 0) is 9.53 Å². The van der Waals surface area contributed by atoms with Crippen LogP contribution in [0.4, 0.5) is 0 Å². The molecule has 1 saturated heterocycles. The Hall–Kier alpha value is -1.79. The number of unbranched alkanes of at least 4 members (excludes halogenated alkanes) is 4. The summed E-state index contributed by atoms with van der Waals surface area (Å²) in [6.07, 6.45) is 6.40. The Labute approximate surface area is 181 Å². The monoisotopic (exact) mass is 418 g/mol. The van der Waals surface area contributed by atoms with Gasteiger partial charge in [0.05, 0.1) is 13.2 Å². The Balaban J connectivity index is 1.62. The zero-order valence-corrected chi connectivity index (χ0v) is 18.7. The molecule has 2 heterocycles. The number of rotatable bonds is 11. The van der Waals surface area contributed by atoms with Crippen LogP contribution in [0, 0.1) is 0 Å². The number of fused-ring (bicyclic) bond motifs is 1. The highest BCUT2D eigenvalue weighted by atomic mass is 16.6. The van der Waals surface area contributed by atoms with Crippen LogP contribution in [0.5, 0.6) is 11.5 Å². The van der Waals surface area contributed by atoms with Gasteiger partial charge in [-0.05, 0) is 24.1 Å². The second kappa shape index (κ2) is 12.2. The maximum atomic E-state index is 12.7. The molecule has 1 N–H and O–H groups in total. The molecule has 2 unspecified atom stereocenters. The minimum absolute atomic E-state index is 0.0498. The highest BCUT2D eigenvalue weighted by molar-refractivity contribution is 5.76. The highest BCUT2D eigenvalue weighted by Gasteiger charge is 2.26. The average Bonchev–Trinajstić information content (AvgIpc) is 2.78. The van der Waals surface area contributed by atoms with E-state index in [1.54, 1.807) is 0 Å². The number of hydrogen-bond donors (Lipinski definition) is 1. The molecule has 1 fully saturated rings. The smallest absolute Gasteiger partial charge is 0.220 e. The maximum absolute atomic E-state index is 12.7. The highest BCUT2D eigenvalue weighted by Crippen LogP contribution is 2.34. The van der Waals surface area contributed by atoms with Crippen molar-refractivity contribution in [2.75, 3.05) is 46.1 Å². The van der Waals surface area contributed by atoms with Crippen LogP contribution in [0.2, 0.25) is 0 Å². The quantitative estimate of drug-likeness (QED) is 0.555. The van der Waals surface area contributed by atoms with Gasteiger partial charge in [-0.15, -0.1) is 0 Å². The van der Waals surface area contributed by atoms with Gasteiger partial charge in [0, 0.05) is 38.0 Å². The lowest BCUT2D eigenvalue weighted by molar-refractivity contribution is -0.122. The molecule has 0 aromatic heterocycles. The molecule has 0 spiro atoms. The molecule has 168 valence electrons. The Morgan fingerprint density at radius 3 is 2.53 bits per heavy atom. The molecule has 6 heteroatoms. The molecule has 2 aliphatic rings. The van der Waals surface area contributed by atoms with Gasteiger partial charge in [0.15, 0.2) is 11.5 Å². The predicted octanol–water partition coefficient (Wildman–Crippen LogP) is 3.74. The fourth-order valence-electron chi connectivity index (χ4n) is 4.13. The number of benzene rings is 1. The van der Waals surface area contributed by atoms with E-state index < -0.39 is 0 Å². The molecule has 0 radical (unpaired) electrons. The first-order valence-electron chi connectivity index (χ1n) is 11.7. The first-order chi connectivity index (χ1) is 14.7. The SMILES string of the molecule is CCCCCCCC(=O)NC(CN1CCOCC1)C(C)c1ccc2c(c1)OCCO2. The molecule has 1 aromatic carbocycles.